The molecule has 0 unspecified atom stereocenters. The SMILES string of the molecule is COc1cn(Cc2cc(F)c(F)c(F)c2)c(Nc2c(C)ccc(OC(F)(F)F)c2C)nc1=O. The largest absolute Gasteiger partial charge is 0.573 e. The number of nitrogens with zero attached hydrogens (tertiary/aromatic N) is 2. The van der Waals surface area contributed by atoms with Gasteiger partial charge in [-0.1, -0.05) is 6.07 Å². The van der Waals surface area contributed by atoms with Crippen LogP contribution in [0.5, 0.6) is 11.5 Å². The van der Waals surface area contributed by atoms with Gasteiger partial charge in [0.25, 0.3) is 0 Å². The predicted molar refractivity (Wildman–Crippen MR) is 106 cm³/mol. The van der Waals surface area contributed by atoms with Crippen molar-refractivity contribution in [1.29, 1.82) is 0 Å². The fraction of sp³-hybridized carbons (Fsp3) is 0.238. The molecule has 0 bridgehead atoms. The minimum absolute atomic E-state index is 0.00967. The number of alkyl halides is 3. The number of rotatable bonds is 6. The third-order valence-corrected chi connectivity index (χ3v) is 4.67. The Morgan fingerprint density at radius 3 is 2.27 bits per heavy atom. The van der Waals surface area contributed by atoms with Crippen LogP contribution in [0.25, 0.3) is 0 Å². The molecular weight excluding hydrogens is 456 g/mol. The summed E-state index contributed by atoms with van der Waals surface area (Å²) in [4.78, 5) is 16.0. The molecule has 0 saturated carbocycles. The number of aryl methyl sites for hydroxylation is 1. The van der Waals surface area contributed by atoms with E-state index in [0.717, 1.165) is 18.2 Å². The zero-order valence-corrected chi connectivity index (χ0v) is 17.5. The first-order valence-corrected chi connectivity index (χ1v) is 9.31. The van der Waals surface area contributed by atoms with Gasteiger partial charge in [0.2, 0.25) is 11.7 Å². The summed E-state index contributed by atoms with van der Waals surface area (Å²) in [5, 5.41) is 2.78. The third kappa shape index (κ3) is 5.38. The molecular formula is C21H17F6N3O3. The molecule has 3 rings (SSSR count). The Labute approximate surface area is 183 Å². The number of benzene rings is 2. The highest BCUT2D eigenvalue weighted by Gasteiger charge is 2.32. The standard InChI is InChI=1S/C21H17F6N3O3/c1-10-4-5-15(33-21(25,26)27)11(2)18(10)28-20-29-19(31)16(32-3)9-30(20)8-12-6-13(22)17(24)14(23)7-12/h4-7,9H,8H2,1-3H3,(H,28,29,31). The Kier molecular flexibility index (Phi) is 6.56. The Morgan fingerprint density at radius 2 is 1.70 bits per heavy atom. The van der Waals surface area contributed by atoms with Crippen molar-refractivity contribution in [2.24, 2.45) is 0 Å². The number of methoxy groups -OCH3 is 1. The number of hydrogen-bond donors (Lipinski definition) is 1. The van der Waals surface area contributed by atoms with E-state index >= 15 is 0 Å². The molecule has 33 heavy (non-hydrogen) atoms. The molecule has 0 aliphatic heterocycles. The summed E-state index contributed by atoms with van der Waals surface area (Å²) in [6, 6.07) is 4.04. The van der Waals surface area contributed by atoms with Crippen LogP contribution in [-0.2, 0) is 6.54 Å². The first-order chi connectivity index (χ1) is 15.4. The quantitative estimate of drug-likeness (QED) is 0.404. The fourth-order valence-corrected chi connectivity index (χ4v) is 3.10. The summed E-state index contributed by atoms with van der Waals surface area (Å²) < 4.78 is 88.9. The lowest BCUT2D eigenvalue weighted by atomic mass is 10.1. The minimum atomic E-state index is -4.92. The number of halogens is 6. The average molecular weight is 473 g/mol. The molecule has 6 nitrogen and oxygen atoms in total. The highest BCUT2D eigenvalue weighted by molar-refractivity contribution is 5.67. The number of aromatic nitrogens is 2. The number of anilines is 2. The second-order valence-corrected chi connectivity index (χ2v) is 6.99. The summed E-state index contributed by atoms with van der Waals surface area (Å²) in [5.74, 6) is -5.30. The van der Waals surface area contributed by atoms with Gasteiger partial charge in [0.15, 0.2) is 17.5 Å². The fourth-order valence-electron chi connectivity index (χ4n) is 3.10. The molecule has 0 radical (unpaired) electrons. The van der Waals surface area contributed by atoms with Crippen LogP contribution >= 0.6 is 0 Å². The van der Waals surface area contributed by atoms with Crippen molar-refractivity contribution in [2.75, 3.05) is 12.4 Å². The molecule has 0 aliphatic carbocycles. The van der Waals surface area contributed by atoms with Gasteiger partial charge in [-0.3, -0.25) is 4.79 Å². The molecule has 12 heteroatoms. The molecule has 0 aliphatic rings. The van der Waals surface area contributed by atoms with Crippen LogP contribution in [0.2, 0.25) is 0 Å². The van der Waals surface area contributed by atoms with Gasteiger partial charge >= 0.3 is 11.9 Å². The van der Waals surface area contributed by atoms with E-state index in [1.165, 1.54) is 30.9 Å². The Bertz CT molecular complexity index is 1230. The topological polar surface area (TPSA) is 65.4 Å². The second kappa shape index (κ2) is 9.04. The van der Waals surface area contributed by atoms with Gasteiger partial charge in [0.05, 0.1) is 25.5 Å². The van der Waals surface area contributed by atoms with Gasteiger partial charge in [-0.25, -0.2) is 13.2 Å². The van der Waals surface area contributed by atoms with Crippen molar-refractivity contribution in [3.8, 4) is 11.5 Å². The molecule has 176 valence electrons. The van der Waals surface area contributed by atoms with E-state index in [1.807, 2.05) is 0 Å². The number of hydrogen-bond acceptors (Lipinski definition) is 5. The smallest absolute Gasteiger partial charge is 0.490 e. The van der Waals surface area contributed by atoms with Crippen LogP contribution < -0.4 is 20.3 Å². The molecule has 0 amide bonds. The van der Waals surface area contributed by atoms with Crippen molar-refractivity contribution < 1.29 is 35.8 Å². The van der Waals surface area contributed by atoms with Gasteiger partial charge in [-0.2, -0.15) is 4.98 Å². The monoisotopic (exact) mass is 473 g/mol. The summed E-state index contributed by atoms with van der Waals surface area (Å²) in [6.45, 7) is 2.69. The van der Waals surface area contributed by atoms with E-state index in [-0.39, 0.29) is 35.1 Å². The molecule has 0 fully saturated rings. The van der Waals surface area contributed by atoms with Crippen LogP contribution in [0.15, 0.2) is 35.3 Å². The minimum Gasteiger partial charge on any atom is -0.490 e. The normalized spacial score (nSPS) is 11.4. The van der Waals surface area contributed by atoms with E-state index in [2.05, 4.69) is 15.0 Å². The lowest BCUT2D eigenvalue weighted by Gasteiger charge is -2.20. The van der Waals surface area contributed by atoms with Crippen molar-refractivity contribution in [3.63, 3.8) is 0 Å². The maximum Gasteiger partial charge on any atom is 0.573 e. The molecule has 1 aromatic heterocycles. The molecule has 1 heterocycles. The Hall–Kier alpha value is -3.70. The van der Waals surface area contributed by atoms with Gasteiger partial charge in [0, 0.05) is 5.56 Å². The van der Waals surface area contributed by atoms with E-state index in [1.54, 1.807) is 6.92 Å². The van der Waals surface area contributed by atoms with Gasteiger partial charge in [-0.05, 0) is 43.2 Å². The van der Waals surface area contributed by atoms with Crippen LogP contribution in [0, 0.1) is 31.3 Å². The van der Waals surface area contributed by atoms with Crippen LogP contribution in [0.3, 0.4) is 0 Å². The predicted octanol–water partition coefficient (Wildman–Crippen LogP) is 4.98. The zero-order valence-electron chi connectivity index (χ0n) is 17.5. The Morgan fingerprint density at radius 1 is 1.06 bits per heavy atom. The lowest BCUT2D eigenvalue weighted by Crippen LogP contribution is -2.20. The van der Waals surface area contributed by atoms with Crippen molar-refractivity contribution >= 4 is 11.6 Å². The molecule has 0 atom stereocenters. The van der Waals surface area contributed by atoms with Crippen LogP contribution in [0.4, 0.5) is 38.0 Å². The van der Waals surface area contributed by atoms with E-state index < -0.39 is 35.1 Å². The highest BCUT2D eigenvalue weighted by atomic mass is 19.4. The zero-order chi connectivity index (χ0) is 24.5. The molecule has 0 spiro atoms. The maximum atomic E-state index is 13.6. The van der Waals surface area contributed by atoms with Crippen LogP contribution in [0.1, 0.15) is 16.7 Å². The third-order valence-electron chi connectivity index (χ3n) is 4.67. The Balaban J connectivity index is 2.08. The summed E-state index contributed by atoms with van der Waals surface area (Å²) >= 11 is 0. The molecule has 0 saturated heterocycles. The van der Waals surface area contributed by atoms with Gasteiger partial charge < -0.3 is 19.4 Å². The summed E-state index contributed by atoms with van der Waals surface area (Å²) in [6.07, 6.45) is -3.73. The number of nitrogens with one attached hydrogen (secondary N) is 1. The average Bonchev–Trinajstić information content (AvgIpc) is 2.72. The van der Waals surface area contributed by atoms with Crippen molar-refractivity contribution in [1.82, 2.24) is 9.55 Å². The lowest BCUT2D eigenvalue weighted by molar-refractivity contribution is -0.274. The van der Waals surface area contributed by atoms with E-state index in [4.69, 9.17) is 4.74 Å². The maximum absolute atomic E-state index is 13.6. The summed E-state index contributed by atoms with van der Waals surface area (Å²) in [5.41, 5.74) is -0.0744. The van der Waals surface area contributed by atoms with Crippen LogP contribution in [-0.4, -0.2) is 23.0 Å². The van der Waals surface area contributed by atoms with Crippen molar-refractivity contribution in [2.45, 2.75) is 26.8 Å². The van der Waals surface area contributed by atoms with Gasteiger partial charge in [-0.15, -0.1) is 13.2 Å². The molecule has 3 aromatic rings. The first kappa shape index (κ1) is 24.0. The second-order valence-electron chi connectivity index (χ2n) is 6.99. The van der Waals surface area contributed by atoms with Crippen molar-refractivity contribution in [3.05, 3.63) is 75.0 Å². The summed E-state index contributed by atoms with van der Waals surface area (Å²) in [7, 11) is 1.21. The molecule has 1 N–H and O–H groups in total. The first-order valence-electron chi connectivity index (χ1n) is 9.31. The highest BCUT2D eigenvalue weighted by Crippen LogP contribution is 2.34. The van der Waals surface area contributed by atoms with Gasteiger partial charge in [0.1, 0.15) is 5.75 Å². The van der Waals surface area contributed by atoms with E-state index in [9.17, 15) is 31.1 Å². The van der Waals surface area contributed by atoms with E-state index in [0.29, 0.717) is 5.56 Å². The number of ether oxygens (including phenoxy) is 2. The molecule has 2 aromatic carbocycles.